The highest BCUT2D eigenvalue weighted by Crippen LogP contribution is 2.27. The standard InChI is InChI=1S/C19H22ClN3O2/c1-14-17(20)4-3-5-18(14)22-10-12-23(13-11-22)19(24)21-15-6-8-16(25-2)9-7-15/h3-9H,10-13H2,1-2H3,(H,21,24). The molecule has 1 heterocycles. The fourth-order valence-electron chi connectivity index (χ4n) is 2.97. The summed E-state index contributed by atoms with van der Waals surface area (Å²) in [5.74, 6) is 0.767. The molecule has 0 aliphatic carbocycles. The highest BCUT2D eigenvalue weighted by Gasteiger charge is 2.22. The lowest BCUT2D eigenvalue weighted by molar-refractivity contribution is 0.208. The maximum Gasteiger partial charge on any atom is 0.321 e. The highest BCUT2D eigenvalue weighted by atomic mass is 35.5. The normalized spacial score (nSPS) is 14.4. The Morgan fingerprint density at radius 1 is 1.08 bits per heavy atom. The lowest BCUT2D eigenvalue weighted by atomic mass is 10.1. The van der Waals surface area contributed by atoms with Gasteiger partial charge in [0.1, 0.15) is 5.75 Å². The van der Waals surface area contributed by atoms with Crippen molar-refractivity contribution in [3.05, 3.63) is 53.1 Å². The van der Waals surface area contributed by atoms with Crippen LogP contribution in [0.15, 0.2) is 42.5 Å². The molecule has 0 bridgehead atoms. The Morgan fingerprint density at radius 3 is 2.40 bits per heavy atom. The topological polar surface area (TPSA) is 44.8 Å². The van der Waals surface area contributed by atoms with Gasteiger partial charge in [-0.3, -0.25) is 0 Å². The van der Waals surface area contributed by atoms with E-state index >= 15 is 0 Å². The average Bonchev–Trinajstić information content (AvgIpc) is 2.65. The van der Waals surface area contributed by atoms with E-state index in [-0.39, 0.29) is 6.03 Å². The zero-order valence-electron chi connectivity index (χ0n) is 14.5. The number of amides is 2. The number of hydrogen-bond donors (Lipinski definition) is 1. The number of rotatable bonds is 3. The number of methoxy groups -OCH3 is 1. The van der Waals surface area contributed by atoms with Gasteiger partial charge in [-0.1, -0.05) is 17.7 Å². The third kappa shape index (κ3) is 3.99. The minimum absolute atomic E-state index is 0.0763. The second kappa shape index (κ2) is 7.66. The van der Waals surface area contributed by atoms with Gasteiger partial charge in [-0.05, 0) is 48.9 Å². The van der Waals surface area contributed by atoms with E-state index in [9.17, 15) is 4.79 Å². The SMILES string of the molecule is COc1ccc(NC(=O)N2CCN(c3cccc(Cl)c3C)CC2)cc1. The summed E-state index contributed by atoms with van der Waals surface area (Å²) >= 11 is 6.21. The molecule has 0 radical (unpaired) electrons. The van der Waals surface area contributed by atoms with Gasteiger partial charge in [-0.2, -0.15) is 0 Å². The average molecular weight is 360 g/mol. The molecule has 132 valence electrons. The van der Waals surface area contributed by atoms with Crippen LogP contribution >= 0.6 is 11.6 Å². The van der Waals surface area contributed by atoms with Gasteiger partial charge in [0.15, 0.2) is 0 Å². The van der Waals surface area contributed by atoms with E-state index in [4.69, 9.17) is 16.3 Å². The summed E-state index contributed by atoms with van der Waals surface area (Å²) in [4.78, 5) is 16.5. The molecule has 2 aromatic rings. The van der Waals surface area contributed by atoms with Crippen molar-refractivity contribution in [2.24, 2.45) is 0 Å². The van der Waals surface area contributed by atoms with Crippen LogP contribution in [0.5, 0.6) is 5.75 Å². The van der Waals surface area contributed by atoms with Gasteiger partial charge in [-0.25, -0.2) is 4.79 Å². The van der Waals surface area contributed by atoms with Crippen LogP contribution in [0.1, 0.15) is 5.56 Å². The van der Waals surface area contributed by atoms with E-state index in [1.807, 2.05) is 48.2 Å². The van der Waals surface area contributed by atoms with Crippen LogP contribution in [0.25, 0.3) is 0 Å². The van der Waals surface area contributed by atoms with E-state index in [1.54, 1.807) is 7.11 Å². The number of nitrogens with zero attached hydrogens (tertiary/aromatic N) is 2. The Kier molecular flexibility index (Phi) is 5.34. The Morgan fingerprint density at radius 2 is 1.76 bits per heavy atom. The van der Waals surface area contributed by atoms with Crippen LogP contribution in [0, 0.1) is 6.92 Å². The third-order valence-electron chi connectivity index (χ3n) is 4.49. The van der Waals surface area contributed by atoms with Gasteiger partial charge in [-0.15, -0.1) is 0 Å². The molecule has 0 aromatic heterocycles. The molecule has 2 amide bonds. The first kappa shape index (κ1) is 17.4. The third-order valence-corrected chi connectivity index (χ3v) is 4.90. The second-order valence-corrected chi connectivity index (χ2v) is 6.42. The second-order valence-electron chi connectivity index (χ2n) is 6.02. The number of anilines is 2. The molecule has 3 rings (SSSR count). The summed E-state index contributed by atoms with van der Waals surface area (Å²) in [6.07, 6.45) is 0. The number of halogens is 1. The first-order valence-corrected chi connectivity index (χ1v) is 8.66. The first-order valence-electron chi connectivity index (χ1n) is 8.28. The zero-order chi connectivity index (χ0) is 17.8. The summed E-state index contributed by atoms with van der Waals surface area (Å²) < 4.78 is 5.12. The lowest BCUT2D eigenvalue weighted by Crippen LogP contribution is -2.50. The monoisotopic (exact) mass is 359 g/mol. The predicted molar refractivity (Wildman–Crippen MR) is 102 cm³/mol. The molecule has 25 heavy (non-hydrogen) atoms. The van der Waals surface area contributed by atoms with Crippen molar-refractivity contribution in [1.29, 1.82) is 0 Å². The van der Waals surface area contributed by atoms with Crippen LogP contribution in [0.2, 0.25) is 5.02 Å². The fourth-order valence-corrected chi connectivity index (χ4v) is 3.14. The van der Waals surface area contributed by atoms with Crippen LogP contribution in [-0.2, 0) is 0 Å². The van der Waals surface area contributed by atoms with E-state index in [0.29, 0.717) is 13.1 Å². The molecule has 0 atom stereocenters. The van der Waals surface area contributed by atoms with Gasteiger partial charge in [0.05, 0.1) is 7.11 Å². The van der Waals surface area contributed by atoms with Gasteiger partial charge in [0, 0.05) is 42.6 Å². The molecule has 0 unspecified atom stereocenters. The number of benzene rings is 2. The fraction of sp³-hybridized carbons (Fsp3) is 0.316. The molecule has 2 aromatic carbocycles. The Balaban J connectivity index is 1.57. The molecule has 1 aliphatic heterocycles. The van der Waals surface area contributed by atoms with Crippen molar-refractivity contribution < 1.29 is 9.53 Å². The molecule has 5 nitrogen and oxygen atoms in total. The number of carbonyl (C=O) groups is 1. The van der Waals surface area contributed by atoms with Gasteiger partial charge in [0.25, 0.3) is 0 Å². The van der Waals surface area contributed by atoms with E-state index < -0.39 is 0 Å². The summed E-state index contributed by atoms with van der Waals surface area (Å²) in [6, 6.07) is 13.2. The highest BCUT2D eigenvalue weighted by molar-refractivity contribution is 6.31. The Bertz CT molecular complexity index is 741. The molecular formula is C19H22ClN3O2. The van der Waals surface area contributed by atoms with Crippen molar-refractivity contribution in [3.8, 4) is 5.75 Å². The maximum atomic E-state index is 12.4. The minimum atomic E-state index is -0.0763. The van der Waals surface area contributed by atoms with Crippen LogP contribution in [-0.4, -0.2) is 44.2 Å². The smallest absolute Gasteiger partial charge is 0.321 e. The summed E-state index contributed by atoms with van der Waals surface area (Å²) in [6.45, 7) is 4.96. The number of ether oxygens (including phenoxy) is 1. The number of nitrogens with one attached hydrogen (secondary N) is 1. The zero-order valence-corrected chi connectivity index (χ0v) is 15.2. The van der Waals surface area contributed by atoms with Crippen molar-refractivity contribution in [2.75, 3.05) is 43.5 Å². The largest absolute Gasteiger partial charge is 0.497 e. The van der Waals surface area contributed by atoms with Crippen molar-refractivity contribution in [2.45, 2.75) is 6.92 Å². The predicted octanol–water partition coefficient (Wildman–Crippen LogP) is 4.01. The number of hydrogen-bond acceptors (Lipinski definition) is 3. The number of urea groups is 1. The van der Waals surface area contributed by atoms with Gasteiger partial charge in [0.2, 0.25) is 0 Å². The van der Waals surface area contributed by atoms with Crippen molar-refractivity contribution >= 4 is 29.0 Å². The lowest BCUT2D eigenvalue weighted by Gasteiger charge is -2.36. The van der Waals surface area contributed by atoms with E-state index in [1.165, 1.54) is 0 Å². The molecule has 1 N–H and O–H groups in total. The van der Waals surface area contributed by atoms with Crippen LogP contribution in [0.4, 0.5) is 16.2 Å². The molecule has 1 saturated heterocycles. The molecular weight excluding hydrogens is 338 g/mol. The van der Waals surface area contributed by atoms with E-state index in [2.05, 4.69) is 16.3 Å². The molecule has 0 saturated carbocycles. The molecule has 1 fully saturated rings. The Labute approximate surface area is 153 Å². The van der Waals surface area contributed by atoms with Crippen LogP contribution in [0.3, 0.4) is 0 Å². The summed E-state index contributed by atoms with van der Waals surface area (Å²) in [5, 5.41) is 3.71. The van der Waals surface area contributed by atoms with Crippen LogP contribution < -0.4 is 15.0 Å². The summed E-state index contributed by atoms with van der Waals surface area (Å²) in [5.41, 5.74) is 2.99. The van der Waals surface area contributed by atoms with Gasteiger partial charge < -0.3 is 19.9 Å². The number of piperazine rings is 1. The van der Waals surface area contributed by atoms with Gasteiger partial charge >= 0.3 is 6.03 Å². The Hall–Kier alpha value is -2.40. The van der Waals surface area contributed by atoms with Crippen molar-refractivity contribution in [1.82, 2.24) is 4.90 Å². The molecule has 6 heteroatoms. The number of carbonyl (C=O) groups excluding carboxylic acids is 1. The van der Waals surface area contributed by atoms with Crippen molar-refractivity contribution in [3.63, 3.8) is 0 Å². The maximum absolute atomic E-state index is 12.4. The molecule has 0 spiro atoms. The first-order chi connectivity index (χ1) is 12.1. The molecule has 1 aliphatic rings. The van der Waals surface area contributed by atoms with E-state index in [0.717, 1.165) is 40.8 Å². The quantitative estimate of drug-likeness (QED) is 0.900. The summed E-state index contributed by atoms with van der Waals surface area (Å²) in [7, 11) is 1.62. The minimum Gasteiger partial charge on any atom is -0.497 e.